The molecule has 1 aliphatic rings. The highest BCUT2D eigenvalue weighted by atomic mass is 35.5. The first-order valence-electron chi connectivity index (χ1n) is 8.06. The van der Waals surface area contributed by atoms with Crippen LogP contribution < -0.4 is 5.32 Å². The largest absolute Gasteiger partial charge is 0.480 e. The average molecular weight is 368 g/mol. The molecular weight excluding hydrogens is 346 g/mol. The quantitative estimate of drug-likeness (QED) is 0.729. The summed E-state index contributed by atoms with van der Waals surface area (Å²) in [4.78, 5) is 38.6. The first kappa shape index (κ1) is 19.2. The molecule has 0 saturated heterocycles. The fraction of sp³-hybridized carbons (Fsp3) is 0.471. The number of hydrogen-bond acceptors (Lipinski definition) is 4. The van der Waals surface area contributed by atoms with Crippen molar-refractivity contribution in [3.05, 3.63) is 29.3 Å². The number of carboxylic acid groups (broad SMARTS) is 1. The number of carboxylic acids is 1. The highest BCUT2D eigenvalue weighted by Crippen LogP contribution is 2.28. The van der Waals surface area contributed by atoms with Crippen molar-refractivity contribution in [1.82, 2.24) is 9.80 Å². The lowest BCUT2D eigenvalue weighted by atomic mass is 10.2. The van der Waals surface area contributed by atoms with Crippen LogP contribution in [0.4, 0.5) is 5.69 Å². The molecule has 1 fully saturated rings. The number of benzene rings is 1. The Morgan fingerprint density at radius 1 is 1.28 bits per heavy atom. The van der Waals surface area contributed by atoms with E-state index in [0.29, 0.717) is 10.7 Å². The minimum Gasteiger partial charge on any atom is -0.480 e. The molecule has 2 amide bonds. The van der Waals surface area contributed by atoms with Gasteiger partial charge in [0, 0.05) is 13.1 Å². The monoisotopic (exact) mass is 367 g/mol. The molecule has 1 atom stereocenters. The van der Waals surface area contributed by atoms with Crippen molar-refractivity contribution in [2.24, 2.45) is 0 Å². The lowest BCUT2D eigenvalue weighted by Crippen LogP contribution is -2.47. The average Bonchev–Trinajstić information content (AvgIpc) is 3.38. The van der Waals surface area contributed by atoms with E-state index in [-0.39, 0.29) is 30.9 Å². The Morgan fingerprint density at radius 3 is 2.48 bits per heavy atom. The predicted octanol–water partition coefficient (Wildman–Crippen LogP) is 1.67. The van der Waals surface area contributed by atoms with Crippen LogP contribution in [0.2, 0.25) is 5.02 Å². The van der Waals surface area contributed by atoms with E-state index < -0.39 is 12.0 Å². The van der Waals surface area contributed by atoms with Gasteiger partial charge < -0.3 is 15.3 Å². The van der Waals surface area contributed by atoms with E-state index >= 15 is 0 Å². The number of likely N-dealkylation sites (N-methyl/N-ethyl adjacent to an activating group) is 1. The van der Waals surface area contributed by atoms with Gasteiger partial charge in [-0.1, -0.05) is 23.7 Å². The first-order valence-corrected chi connectivity index (χ1v) is 8.44. The molecule has 7 nitrogen and oxygen atoms in total. The Labute approximate surface area is 151 Å². The SMILES string of the molecule is CC(C(=O)O)N(CC(=O)N(C)CC(=O)Nc1ccccc1Cl)C1CC1. The summed E-state index contributed by atoms with van der Waals surface area (Å²) in [6, 6.07) is 6.22. The van der Waals surface area contributed by atoms with Crippen molar-refractivity contribution in [2.45, 2.75) is 31.8 Å². The highest BCUT2D eigenvalue weighted by Gasteiger charge is 2.36. The summed E-state index contributed by atoms with van der Waals surface area (Å²) in [7, 11) is 1.52. The number of carbonyl (C=O) groups is 3. The zero-order chi connectivity index (χ0) is 18.6. The Bertz CT molecular complexity index is 663. The standard InChI is InChI=1S/C17H22ClN3O4/c1-11(17(24)25)21(12-7-8-12)10-16(23)20(2)9-15(22)19-14-6-4-3-5-13(14)18/h3-6,11-12H,7-10H2,1-2H3,(H,19,22)(H,24,25). The van der Waals surface area contributed by atoms with Gasteiger partial charge in [-0.25, -0.2) is 0 Å². The van der Waals surface area contributed by atoms with Gasteiger partial charge in [-0.3, -0.25) is 19.3 Å². The molecular formula is C17H22ClN3O4. The number of amides is 2. The van der Waals surface area contributed by atoms with Gasteiger partial charge in [0.1, 0.15) is 6.04 Å². The molecule has 1 aromatic rings. The summed E-state index contributed by atoms with van der Waals surface area (Å²) >= 11 is 5.98. The summed E-state index contributed by atoms with van der Waals surface area (Å²) in [5.41, 5.74) is 0.481. The summed E-state index contributed by atoms with van der Waals surface area (Å²) in [6.45, 7) is 1.41. The van der Waals surface area contributed by atoms with Crippen molar-refractivity contribution in [1.29, 1.82) is 0 Å². The normalized spacial score (nSPS) is 14.9. The van der Waals surface area contributed by atoms with Crippen molar-refractivity contribution in [3.8, 4) is 0 Å². The van der Waals surface area contributed by atoms with Gasteiger partial charge in [0.15, 0.2) is 0 Å². The summed E-state index contributed by atoms with van der Waals surface area (Å²) < 4.78 is 0. The zero-order valence-corrected chi connectivity index (χ0v) is 15.0. The van der Waals surface area contributed by atoms with E-state index in [1.807, 2.05) is 0 Å². The molecule has 136 valence electrons. The molecule has 0 aromatic heterocycles. The van der Waals surface area contributed by atoms with E-state index in [0.717, 1.165) is 12.8 Å². The van der Waals surface area contributed by atoms with Gasteiger partial charge in [-0.05, 0) is 31.9 Å². The minimum absolute atomic E-state index is 0.0198. The molecule has 25 heavy (non-hydrogen) atoms. The molecule has 0 heterocycles. The van der Waals surface area contributed by atoms with Crippen LogP contribution in [0.25, 0.3) is 0 Å². The molecule has 0 aliphatic heterocycles. The maximum atomic E-state index is 12.4. The summed E-state index contributed by atoms with van der Waals surface area (Å²) in [6.07, 6.45) is 1.78. The van der Waals surface area contributed by atoms with E-state index in [1.165, 1.54) is 11.9 Å². The highest BCUT2D eigenvalue weighted by molar-refractivity contribution is 6.33. The number of carbonyl (C=O) groups excluding carboxylic acids is 2. The number of nitrogens with one attached hydrogen (secondary N) is 1. The molecule has 2 N–H and O–H groups in total. The number of rotatable bonds is 8. The van der Waals surface area contributed by atoms with E-state index in [2.05, 4.69) is 5.32 Å². The third-order valence-corrected chi connectivity index (χ3v) is 4.47. The van der Waals surface area contributed by atoms with Gasteiger partial charge in [0.2, 0.25) is 11.8 Å². The topological polar surface area (TPSA) is 90.0 Å². The van der Waals surface area contributed by atoms with Gasteiger partial charge in [0.05, 0.1) is 23.8 Å². The number of anilines is 1. The molecule has 8 heteroatoms. The molecule has 0 bridgehead atoms. The number of halogens is 1. The lowest BCUT2D eigenvalue weighted by molar-refractivity contribution is -0.144. The van der Waals surface area contributed by atoms with Gasteiger partial charge in [-0.2, -0.15) is 0 Å². The lowest BCUT2D eigenvalue weighted by Gasteiger charge is -2.27. The predicted molar refractivity (Wildman–Crippen MR) is 94.5 cm³/mol. The molecule has 0 radical (unpaired) electrons. The summed E-state index contributed by atoms with van der Waals surface area (Å²) in [5.74, 6) is -1.62. The molecule has 0 spiro atoms. The number of aliphatic carboxylic acids is 1. The van der Waals surface area contributed by atoms with Crippen LogP contribution in [0, 0.1) is 0 Å². The Hall–Kier alpha value is -2.12. The smallest absolute Gasteiger partial charge is 0.320 e. The Morgan fingerprint density at radius 2 is 1.92 bits per heavy atom. The van der Waals surface area contributed by atoms with Crippen LogP contribution in [0.5, 0.6) is 0 Å². The van der Waals surface area contributed by atoms with E-state index in [4.69, 9.17) is 11.6 Å². The molecule has 2 rings (SSSR count). The molecule has 1 aromatic carbocycles. The fourth-order valence-corrected chi connectivity index (χ4v) is 2.65. The van der Waals surface area contributed by atoms with Crippen molar-refractivity contribution >= 4 is 35.1 Å². The van der Waals surface area contributed by atoms with Crippen molar-refractivity contribution in [2.75, 3.05) is 25.5 Å². The molecule has 1 unspecified atom stereocenters. The third-order valence-electron chi connectivity index (χ3n) is 4.14. The van der Waals surface area contributed by atoms with Gasteiger partial charge in [0.25, 0.3) is 0 Å². The first-order chi connectivity index (χ1) is 11.8. The maximum Gasteiger partial charge on any atom is 0.320 e. The van der Waals surface area contributed by atoms with Crippen LogP contribution in [-0.2, 0) is 14.4 Å². The second-order valence-corrected chi connectivity index (χ2v) is 6.60. The Balaban J connectivity index is 1.89. The third kappa shape index (κ3) is 5.44. The van der Waals surface area contributed by atoms with Crippen LogP contribution in [0.3, 0.4) is 0 Å². The van der Waals surface area contributed by atoms with Crippen molar-refractivity contribution in [3.63, 3.8) is 0 Å². The Kier molecular flexibility index (Phi) is 6.39. The van der Waals surface area contributed by atoms with E-state index in [1.54, 1.807) is 36.1 Å². The fourth-order valence-electron chi connectivity index (χ4n) is 2.46. The van der Waals surface area contributed by atoms with Crippen LogP contribution in [0.1, 0.15) is 19.8 Å². The van der Waals surface area contributed by atoms with Crippen LogP contribution in [-0.4, -0.2) is 64.9 Å². The zero-order valence-electron chi connectivity index (χ0n) is 14.2. The minimum atomic E-state index is -0.959. The van der Waals surface area contributed by atoms with Crippen molar-refractivity contribution < 1.29 is 19.5 Å². The van der Waals surface area contributed by atoms with Gasteiger partial charge >= 0.3 is 5.97 Å². The van der Waals surface area contributed by atoms with E-state index in [9.17, 15) is 19.5 Å². The van der Waals surface area contributed by atoms with Crippen LogP contribution >= 0.6 is 11.6 Å². The second kappa shape index (κ2) is 8.31. The van der Waals surface area contributed by atoms with Gasteiger partial charge in [-0.15, -0.1) is 0 Å². The van der Waals surface area contributed by atoms with Crippen LogP contribution in [0.15, 0.2) is 24.3 Å². The number of nitrogens with zero attached hydrogens (tertiary/aromatic N) is 2. The summed E-state index contributed by atoms with van der Waals surface area (Å²) in [5, 5.41) is 12.2. The second-order valence-electron chi connectivity index (χ2n) is 6.20. The number of hydrogen-bond donors (Lipinski definition) is 2. The maximum absolute atomic E-state index is 12.4. The molecule has 1 saturated carbocycles. The molecule has 1 aliphatic carbocycles. The number of para-hydroxylation sites is 1.